The number of carbonyl (C=O) groups is 2. The van der Waals surface area contributed by atoms with Crippen molar-refractivity contribution in [1.29, 1.82) is 0 Å². The van der Waals surface area contributed by atoms with E-state index in [0.717, 1.165) is 0 Å². The minimum atomic E-state index is -0.636. The highest BCUT2D eigenvalue weighted by molar-refractivity contribution is 5.89. The maximum absolute atomic E-state index is 11.6. The van der Waals surface area contributed by atoms with E-state index in [1.165, 1.54) is 18.9 Å². The predicted molar refractivity (Wildman–Crippen MR) is 72.7 cm³/mol. The van der Waals surface area contributed by atoms with Crippen LogP contribution in [0, 0.1) is 5.92 Å². The summed E-state index contributed by atoms with van der Waals surface area (Å²) in [4.78, 5) is 23.1. The quantitative estimate of drug-likeness (QED) is 0.508. The van der Waals surface area contributed by atoms with Crippen LogP contribution in [0.5, 0.6) is 0 Å². The molecule has 0 aliphatic rings. The lowest BCUT2D eigenvalue weighted by atomic mass is 10.2. The van der Waals surface area contributed by atoms with E-state index in [4.69, 9.17) is 4.74 Å². The zero-order valence-electron chi connectivity index (χ0n) is 12.8. The van der Waals surface area contributed by atoms with Crippen molar-refractivity contribution < 1.29 is 23.8 Å². The molecule has 0 bridgehead atoms. The van der Waals surface area contributed by atoms with Gasteiger partial charge >= 0.3 is 11.9 Å². The van der Waals surface area contributed by atoms with Crippen LogP contribution in [0.15, 0.2) is 0 Å². The third-order valence-corrected chi connectivity index (χ3v) is 2.65. The van der Waals surface area contributed by atoms with E-state index in [-0.39, 0.29) is 12.1 Å². The first-order valence-electron chi connectivity index (χ1n) is 6.64. The molecule has 0 aliphatic carbocycles. The highest BCUT2D eigenvalue weighted by Crippen LogP contribution is 2.09. The van der Waals surface area contributed by atoms with Gasteiger partial charge in [-0.15, -0.1) is 5.10 Å². The zero-order chi connectivity index (χ0) is 15.8. The van der Waals surface area contributed by atoms with E-state index in [1.54, 1.807) is 0 Å². The van der Waals surface area contributed by atoms with Crippen molar-refractivity contribution in [3.63, 3.8) is 0 Å². The molecule has 0 spiro atoms. The average molecular weight is 299 g/mol. The summed E-state index contributed by atoms with van der Waals surface area (Å²) in [6.07, 6.45) is -0.0991. The van der Waals surface area contributed by atoms with Gasteiger partial charge in [0.1, 0.15) is 0 Å². The third-order valence-electron chi connectivity index (χ3n) is 2.65. The van der Waals surface area contributed by atoms with E-state index in [1.807, 2.05) is 13.8 Å². The Balaban J connectivity index is 2.79. The summed E-state index contributed by atoms with van der Waals surface area (Å²) in [5.74, 6) is -0.684. The monoisotopic (exact) mass is 299 g/mol. The van der Waals surface area contributed by atoms with Crippen LogP contribution in [0.2, 0.25) is 0 Å². The second-order valence-electron chi connectivity index (χ2n) is 4.82. The fraction of sp³-hybridized carbons (Fsp3) is 0.692. The van der Waals surface area contributed by atoms with Gasteiger partial charge in [-0.3, -0.25) is 4.79 Å². The number of aromatic nitrogens is 3. The number of rotatable bonds is 8. The van der Waals surface area contributed by atoms with Crippen LogP contribution < -0.4 is 0 Å². The first-order valence-corrected chi connectivity index (χ1v) is 6.64. The smallest absolute Gasteiger partial charge is 0.360 e. The first-order chi connectivity index (χ1) is 9.99. The van der Waals surface area contributed by atoms with Crippen molar-refractivity contribution in [3.05, 3.63) is 11.4 Å². The van der Waals surface area contributed by atoms with Crippen LogP contribution >= 0.6 is 0 Å². The van der Waals surface area contributed by atoms with Gasteiger partial charge in [0.05, 0.1) is 39.5 Å². The molecule has 0 radical (unpaired) electrons. The second-order valence-corrected chi connectivity index (χ2v) is 4.82. The van der Waals surface area contributed by atoms with Gasteiger partial charge in [0, 0.05) is 6.61 Å². The number of esters is 2. The summed E-state index contributed by atoms with van der Waals surface area (Å²) in [6.45, 7) is 5.53. The fourth-order valence-corrected chi connectivity index (χ4v) is 1.62. The van der Waals surface area contributed by atoms with Crippen molar-refractivity contribution in [2.45, 2.75) is 26.8 Å². The van der Waals surface area contributed by atoms with Crippen LogP contribution in [0.4, 0.5) is 0 Å². The maximum Gasteiger partial charge on any atom is 0.360 e. The van der Waals surface area contributed by atoms with E-state index in [0.29, 0.717) is 31.4 Å². The van der Waals surface area contributed by atoms with Gasteiger partial charge in [0.25, 0.3) is 0 Å². The molecule has 1 rings (SSSR count). The predicted octanol–water partition coefficient (Wildman–Crippen LogP) is 0.453. The van der Waals surface area contributed by atoms with Gasteiger partial charge in [-0.25, -0.2) is 9.48 Å². The molecule has 0 aromatic carbocycles. The molecule has 8 heteroatoms. The molecule has 1 aromatic rings. The summed E-state index contributed by atoms with van der Waals surface area (Å²) in [6, 6.07) is 0. The molecular formula is C13H21N3O5. The molecule has 0 fully saturated rings. The van der Waals surface area contributed by atoms with Crippen LogP contribution in [0.25, 0.3) is 0 Å². The number of hydrogen-bond acceptors (Lipinski definition) is 7. The number of nitrogens with zero attached hydrogens (tertiary/aromatic N) is 3. The Morgan fingerprint density at radius 1 is 1.24 bits per heavy atom. The fourth-order valence-electron chi connectivity index (χ4n) is 1.62. The summed E-state index contributed by atoms with van der Waals surface area (Å²) < 4.78 is 16.2. The molecule has 1 heterocycles. The Kier molecular flexibility index (Phi) is 6.80. The molecule has 21 heavy (non-hydrogen) atoms. The van der Waals surface area contributed by atoms with Crippen LogP contribution in [-0.4, -0.2) is 54.4 Å². The van der Waals surface area contributed by atoms with Gasteiger partial charge in [-0.2, -0.15) is 0 Å². The molecular weight excluding hydrogens is 278 g/mol. The van der Waals surface area contributed by atoms with E-state index in [2.05, 4.69) is 19.8 Å². The Hall–Kier alpha value is -1.96. The Morgan fingerprint density at radius 3 is 2.52 bits per heavy atom. The Morgan fingerprint density at radius 2 is 1.95 bits per heavy atom. The van der Waals surface area contributed by atoms with Crippen molar-refractivity contribution in [3.8, 4) is 0 Å². The molecule has 0 aliphatic heterocycles. The zero-order valence-corrected chi connectivity index (χ0v) is 12.8. The highest BCUT2D eigenvalue weighted by atomic mass is 16.5. The average Bonchev–Trinajstić information content (AvgIpc) is 2.85. The lowest BCUT2D eigenvalue weighted by Gasteiger charge is -2.09. The second kappa shape index (κ2) is 8.35. The normalized spacial score (nSPS) is 10.7. The number of carbonyl (C=O) groups excluding carboxylic acids is 2. The van der Waals surface area contributed by atoms with Gasteiger partial charge in [-0.05, 0) is 5.92 Å². The minimum Gasteiger partial charge on any atom is -0.469 e. The van der Waals surface area contributed by atoms with Crippen molar-refractivity contribution >= 4 is 11.9 Å². The highest BCUT2D eigenvalue weighted by Gasteiger charge is 2.22. The number of ether oxygens (including phenoxy) is 3. The van der Waals surface area contributed by atoms with Crippen LogP contribution in [0.1, 0.15) is 30.0 Å². The van der Waals surface area contributed by atoms with Gasteiger partial charge in [0.2, 0.25) is 0 Å². The number of hydrogen-bond donors (Lipinski definition) is 0. The lowest BCUT2D eigenvalue weighted by molar-refractivity contribution is -0.139. The molecule has 0 saturated heterocycles. The SMILES string of the molecule is COC(=O)Cc1c(C(=O)OC)nnn1CCOCC(C)C. The summed E-state index contributed by atoms with van der Waals surface area (Å²) in [5, 5.41) is 7.63. The standard InChI is InChI=1S/C13H21N3O5/c1-9(2)8-21-6-5-16-10(7-11(17)19-3)12(14-15-16)13(18)20-4/h9H,5-8H2,1-4H3. The number of methoxy groups -OCH3 is 2. The van der Waals surface area contributed by atoms with E-state index >= 15 is 0 Å². The summed E-state index contributed by atoms with van der Waals surface area (Å²) in [5.41, 5.74) is 0.383. The van der Waals surface area contributed by atoms with Crippen molar-refractivity contribution in [2.75, 3.05) is 27.4 Å². The largest absolute Gasteiger partial charge is 0.469 e. The Labute approximate surface area is 123 Å². The summed E-state index contributed by atoms with van der Waals surface area (Å²) >= 11 is 0. The molecule has 0 atom stereocenters. The Bertz CT molecular complexity index is 484. The van der Waals surface area contributed by atoms with E-state index < -0.39 is 11.9 Å². The van der Waals surface area contributed by atoms with Gasteiger partial charge in [0.15, 0.2) is 5.69 Å². The minimum absolute atomic E-state index is 0.0201. The first kappa shape index (κ1) is 17.1. The van der Waals surface area contributed by atoms with Crippen LogP contribution in [0.3, 0.4) is 0 Å². The van der Waals surface area contributed by atoms with Crippen molar-refractivity contribution in [2.24, 2.45) is 5.92 Å². The lowest BCUT2D eigenvalue weighted by Crippen LogP contribution is -2.17. The van der Waals surface area contributed by atoms with Gasteiger partial charge < -0.3 is 14.2 Å². The molecule has 0 saturated carbocycles. The third kappa shape index (κ3) is 5.14. The molecule has 0 unspecified atom stereocenters. The molecule has 8 nitrogen and oxygen atoms in total. The molecule has 0 amide bonds. The molecule has 0 N–H and O–H groups in total. The summed E-state index contributed by atoms with van der Waals surface area (Å²) in [7, 11) is 2.52. The van der Waals surface area contributed by atoms with Crippen molar-refractivity contribution in [1.82, 2.24) is 15.0 Å². The molecule has 118 valence electrons. The van der Waals surface area contributed by atoms with Gasteiger partial charge in [-0.1, -0.05) is 19.1 Å². The van der Waals surface area contributed by atoms with E-state index in [9.17, 15) is 9.59 Å². The topological polar surface area (TPSA) is 92.5 Å². The van der Waals surface area contributed by atoms with Crippen LogP contribution in [-0.2, 0) is 32.0 Å². The maximum atomic E-state index is 11.6. The molecule has 1 aromatic heterocycles.